The lowest BCUT2D eigenvalue weighted by Crippen LogP contribution is -2.22. The number of hydrogen-bond acceptors (Lipinski definition) is 4. The van der Waals surface area contributed by atoms with Crippen molar-refractivity contribution in [2.24, 2.45) is 5.73 Å². The first-order chi connectivity index (χ1) is 14.6. The van der Waals surface area contributed by atoms with Crippen LogP contribution in [0.15, 0.2) is 53.0 Å². The number of nitrogens with one attached hydrogen (secondary N) is 1. The third kappa shape index (κ3) is 16.0. The van der Waals surface area contributed by atoms with Crippen molar-refractivity contribution in [1.29, 1.82) is 0 Å². The standard InChI is InChI=1S/C12H17NO2.C7H7Br.C5H11NO2/c1-3-10(8-12(14)15)13-11-6-4-9(2)5-7-11;1-6-2-4-7(8)5-3-6;1-2-4(6)3-5(7)8/h4-7,10,13H,3,8H2,1-2H3,(H,14,15);2-5H,1H3;4H,2-3,6H2,1H3,(H,7,8)/t10-;;4-/m1.1/s1. The highest BCUT2D eigenvalue weighted by molar-refractivity contribution is 9.10. The van der Waals surface area contributed by atoms with Crippen molar-refractivity contribution in [1.82, 2.24) is 0 Å². The number of carbonyl (C=O) groups is 2. The van der Waals surface area contributed by atoms with Crippen LogP contribution in [0.1, 0.15) is 50.7 Å². The second-order valence-corrected chi connectivity index (χ2v) is 8.19. The van der Waals surface area contributed by atoms with E-state index in [-0.39, 0.29) is 24.9 Å². The molecule has 2 aromatic carbocycles. The highest BCUT2D eigenvalue weighted by atomic mass is 79.9. The van der Waals surface area contributed by atoms with E-state index in [1.807, 2.05) is 57.2 Å². The minimum absolute atomic E-state index is 0.00482. The Hall–Kier alpha value is -2.38. The van der Waals surface area contributed by atoms with Gasteiger partial charge in [0, 0.05) is 22.2 Å². The Morgan fingerprint density at radius 3 is 1.65 bits per heavy atom. The molecule has 0 aliphatic heterocycles. The van der Waals surface area contributed by atoms with Gasteiger partial charge in [-0.05, 0) is 51.0 Å². The van der Waals surface area contributed by atoms with Crippen LogP contribution >= 0.6 is 15.9 Å². The molecule has 7 heteroatoms. The molecule has 0 aliphatic rings. The van der Waals surface area contributed by atoms with E-state index in [1.165, 1.54) is 11.1 Å². The first kappa shape index (κ1) is 28.6. The monoisotopic (exact) mass is 494 g/mol. The molecule has 0 spiro atoms. The molecule has 2 aromatic rings. The SMILES string of the molecule is CC[C@@H](N)CC(=O)O.CC[C@H](CC(=O)O)Nc1ccc(C)cc1.Cc1ccc(Br)cc1. The van der Waals surface area contributed by atoms with E-state index in [2.05, 4.69) is 40.3 Å². The Morgan fingerprint density at radius 2 is 1.32 bits per heavy atom. The van der Waals surface area contributed by atoms with Crippen LogP contribution in [0.5, 0.6) is 0 Å². The zero-order valence-electron chi connectivity index (χ0n) is 18.8. The van der Waals surface area contributed by atoms with E-state index in [9.17, 15) is 9.59 Å². The van der Waals surface area contributed by atoms with Crippen LogP contribution in [-0.2, 0) is 9.59 Å². The lowest BCUT2D eigenvalue weighted by atomic mass is 10.1. The van der Waals surface area contributed by atoms with Gasteiger partial charge in [-0.1, -0.05) is 65.2 Å². The van der Waals surface area contributed by atoms with Gasteiger partial charge in [0.15, 0.2) is 0 Å². The molecule has 0 saturated carbocycles. The summed E-state index contributed by atoms with van der Waals surface area (Å²) in [7, 11) is 0. The topological polar surface area (TPSA) is 113 Å². The summed E-state index contributed by atoms with van der Waals surface area (Å²) in [6, 6.07) is 16.0. The van der Waals surface area contributed by atoms with Crippen molar-refractivity contribution in [2.75, 3.05) is 5.32 Å². The summed E-state index contributed by atoms with van der Waals surface area (Å²) in [5.74, 6) is -1.58. The maximum Gasteiger partial charge on any atom is 0.305 e. The van der Waals surface area contributed by atoms with Gasteiger partial charge >= 0.3 is 11.9 Å². The predicted octanol–water partition coefficient (Wildman–Crippen LogP) is 5.62. The number of halogens is 1. The Labute approximate surface area is 194 Å². The summed E-state index contributed by atoms with van der Waals surface area (Å²) < 4.78 is 1.14. The number of carboxylic acid groups (broad SMARTS) is 2. The van der Waals surface area contributed by atoms with Gasteiger partial charge in [0.25, 0.3) is 0 Å². The third-order valence-corrected chi connectivity index (χ3v) is 4.84. The summed E-state index contributed by atoms with van der Waals surface area (Å²) >= 11 is 3.35. The number of carboxylic acids is 2. The van der Waals surface area contributed by atoms with Crippen molar-refractivity contribution in [3.8, 4) is 0 Å². The average molecular weight is 495 g/mol. The number of aliphatic carboxylic acids is 2. The molecule has 0 saturated heterocycles. The molecule has 0 aliphatic carbocycles. The Morgan fingerprint density at radius 1 is 0.871 bits per heavy atom. The molecular weight excluding hydrogens is 460 g/mol. The minimum Gasteiger partial charge on any atom is -0.481 e. The van der Waals surface area contributed by atoms with Gasteiger partial charge in [-0.3, -0.25) is 9.59 Å². The quantitative estimate of drug-likeness (QED) is 0.378. The average Bonchev–Trinajstić information content (AvgIpc) is 2.71. The molecule has 172 valence electrons. The second-order valence-electron chi connectivity index (χ2n) is 7.28. The number of hydrogen-bond donors (Lipinski definition) is 4. The van der Waals surface area contributed by atoms with Gasteiger partial charge in [-0.25, -0.2) is 0 Å². The first-order valence-electron chi connectivity index (χ1n) is 10.3. The van der Waals surface area contributed by atoms with Crippen LogP contribution in [0.2, 0.25) is 0 Å². The molecule has 2 atom stereocenters. The maximum absolute atomic E-state index is 10.6. The van der Waals surface area contributed by atoms with Crippen LogP contribution in [-0.4, -0.2) is 34.2 Å². The lowest BCUT2D eigenvalue weighted by molar-refractivity contribution is -0.138. The van der Waals surface area contributed by atoms with E-state index in [0.29, 0.717) is 0 Å². The van der Waals surface area contributed by atoms with Crippen molar-refractivity contribution < 1.29 is 19.8 Å². The molecule has 5 N–H and O–H groups in total. The van der Waals surface area contributed by atoms with Crippen molar-refractivity contribution in [3.05, 3.63) is 64.1 Å². The number of aryl methyl sites for hydroxylation is 2. The van der Waals surface area contributed by atoms with E-state index in [1.54, 1.807) is 0 Å². The molecule has 0 unspecified atom stereocenters. The fourth-order valence-corrected chi connectivity index (χ4v) is 2.56. The zero-order chi connectivity index (χ0) is 23.8. The second kappa shape index (κ2) is 16.3. The van der Waals surface area contributed by atoms with Crippen LogP contribution in [0.3, 0.4) is 0 Å². The van der Waals surface area contributed by atoms with Gasteiger partial charge in [0.1, 0.15) is 0 Å². The van der Waals surface area contributed by atoms with Crippen molar-refractivity contribution in [3.63, 3.8) is 0 Å². The Kier molecular flexibility index (Phi) is 15.1. The van der Waals surface area contributed by atoms with Crippen molar-refractivity contribution >= 4 is 33.6 Å². The summed E-state index contributed by atoms with van der Waals surface area (Å²) in [5.41, 5.74) is 8.77. The van der Waals surface area contributed by atoms with Gasteiger partial charge < -0.3 is 21.3 Å². The van der Waals surface area contributed by atoms with Gasteiger partial charge in [-0.2, -0.15) is 0 Å². The Balaban J connectivity index is 0.000000477. The maximum atomic E-state index is 10.6. The Bertz CT molecular complexity index is 743. The highest BCUT2D eigenvalue weighted by Crippen LogP contribution is 2.13. The van der Waals surface area contributed by atoms with Crippen LogP contribution in [0, 0.1) is 13.8 Å². The molecule has 0 heterocycles. The molecular formula is C24H35BrN2O4. The first-order valence-corrected chi connectivity index (χ1v) is 11.1. The van der Waals surface area contributed by atoms with Crippen molar-refractivity contribution in [2.45, 2.75) is 65.5 Å². The van der Waals surface area contributed by atoms with E-state index >= 15 is 0 Å². The molecule has 0 amide bonds. The zero-order valence-corrected chi connectivity index (χ0v) is 20.4. The molecule has 31 heavy (non-hydrogen) atoms. The summed E-state index contributed by atoms with van der Waals surface area (Å²) in [4.78, 5) is 20.5. The summed E-state index contributed by atoms with van der Waals surface area (Å²) in [6.45, 7) is 7.95. The molecule has 0 aromatic heterocycles. The normalized spacial score (nSPS) is 11.7. The summed E-state index contributed by atoms with van der Waals surface area (Å²) in [5, 5.41) is 20.0. The van der Waals surface area contributed by atoms with E-state index in [4.69, 9.17) is 15.9 Å². The van der Waals surface area contributed by atoms with E-state index < -0.39 is 11.9 Å². The minimum atomic E-state index is -0.820. The fourth-order valence-electron chi connectivity index (χ4n) is 2.30. The molecule has 0 bridgehead atoms. The number of benzene rings is 2. The largest absolute Gasteiger partial charge is 0.481 e. The number of nitrogens with two attached hydrogens (primary N) is 1. The lowest BCUT2D eigenvalue weighted by Gasteiger charge is -2.16. The molecule has 6 nitrogen and oxygen atoms in total. The summed E-state index contributed by atoms with van der Waals surface area (Å²) in [6.07, 6.45) is 1.77. The molecule has 2 rings (SSSR count). The van der Waals surface area contributed by atoms with Crippen LogP contribution in [0.4, 0.5) is 5.69 Å². The van der Waals surface area contributed by atoms with Gasteiger partial charge in [0.05, 0.1) is 12.8 Å². The van der Waals surface area contributed by atoms with Crippen LogP contribution < -0.4 is 11.1 Å². The van der Waals surface area contributed by atoms with Gasteiger partial charge in [0.2, 0.25) is 0 Å². The fraction of sp³-hybridized carbons (Fsp3) is 0.417. The highest BCUT2D eigenvalue weighted by Gasteiger charge is 2.10. The third-order valence-electron chi connectivity index (χ3n) is 4.31. The smallest absolute Gasteiger partial charge is 0.305 e. The molecule has 0 radical (unpaired) electrons. The predicted molar refractivity (Wildman–Crippen MR) is 131 cm³/mol. The van der Waals surface area contributed by atoms with Gasteiger partial charge in [-0.15, -0.1) is 0 Å². The molecule has 0 fully saturated rings. The number of rotatable bonds is 8. The van der Waals surface area contributed by atoms with E-state index in [0.717, 1.165) is 23.0 Å². The number of anilines is 1. The van der Waals surface area contributed by atoms with Crippen LogP contribution in [0.25, 0.3) is 0 Å².